The van der Waals surface area contributed by atoms with Crippen molar-refractivity contribution in [3.63, 3.8) is 0 Å². The molecule has 3 aromatic carbocycles. The van der Waals surface area contributed by atoms with E-state index in [0.29, 0.717) is 22.3 Å². The molecule has 0 saturated heterocycles. The first kappa shape index (κ1) is 18.7. The Morgan fingerprint density at radius 2 is 1.64 bits per heavy atom. The van der Waals surface area contributed by atoms with Crippen LogP contribution in [0.15, 0.2) is 66.7 Å². The van der Waals surface area contributed by atoms with Crippen molar-refractivity contribution in [2.24, 2.45) is 0 Å². The standard InChI is InChI=1S/C23H19ClN2OS/c1-15-12-13-16(2)21-20(15)25-23(28-21)26(14-17-8-4-3-5-9-17)22(27)18-10-6-7-11-19(18)24/h3-13H,14H2,1-2H3. The van der Waals surface area contributed by atoms with Gasteiger partial charge in [0, 0.05) is 0 Å². The number of rotatable bonds is 4. The van der Waals surface area contributed by atoms with Gasteiger partial charge < -0.3 is 0 Å². The van der Waals surface area contributed by atoms with Crippen LogP contribution in [0.2, 0.25) is 5.02 Å². The van der Waals surface area contributed by atoms with Gasteiger partial charge in [-0.05, 0) is 42.7 Å². The summed E-state index contributed by atoms with van der Waals surface area (Å²) in [6.07, 6.45) is 0. The van der Waals surface area contributed by atoms with Crippen LogP contribution in [0.3, 0.4) is 0 Å². The maximum absolute atomic E-state index is 13.4. The molecule has 1 amide bonds. The van der Waals surface area contributed by atoms with E-state index >= 15 is 0 Å². The lowest BCUT2D eigenvalue weighted by atomic mass is 10.1. The SMILES string of the molecule is Cc1ccc(C)c2sc(N(Cc3ccccc3)C(=O)c3ccccc3Cl)nc12. The first-order chi connectivity index (χ1) is 13.5. The van der Waals surface area contributed by atoms with E-state index in [0.717, 1.165) is 26.9 Å². The lowest BCUT2D eigenvalue weighted by molar-refractivity contribution is 0.0985. The number of aryl methyl sites for hydroxylation is 2. The van der Waals surface area contributed by atoms with E-state index in [2.05, 4.69) is 19.1 Å². The zero-order valence-corrected chi connectivity index (χ0v) is 17.2. The number of nitrogens with zero attached hydrogens (tertiary/aromatic N) is 2. The number of hydrogen-bond acceptors (Lipinski definition) is 3. The summed E-state index contributed by atoms with van der Waals surface area (Å²) in [5.74, 6) is -0.149. The van der Waals surface area contributed by atoms with E-state index in [4.69, 9.17) is 16.6 Å². The van der Waals surface area contributed by atoms with E-state index in [1.54, 1.807) is 28.4 Å². The number of halogens is 1. The normalized spacial score (nSPS) is 11.0. The van der Waals surface area contributed by atoms with Gasteiger partial charge in [-0.15, -0.1) is 0 Å². The zero-order chi connectivity index (χ0) is 19.7. The second kappa shape index (κ2) is 7.74. The van der Waals surface area contributed by atoms with Gasteiger partial charge >= 0.3 is 0 Å². The number of carbonyl (C=O) groups is 1. The highest BCUT2D eigenvalue weighted by molar-refractivity contribution is 7.22. The third kappa shape index (κ3) is 3.53. The van der Waals surface area contributed by atoms with E-state index in [9.17, 15) is 4.79 Å². The molecule has 1 aromatic heterocycles. The highest BCUT2D eigenvalue weighted by atomic mass is 35.5. The van der Waals surface area contributed by atoms with Crippen LogP contribution in [-0.4, -0.2) is 10.9 Å². The Balaban J connectivity index is 1.83. The minimum atomic E-state index is -0.149. The number of fused-ring (bicyclic) bond motifs is 1. The number of amides is 1. The fourth-order valence-electron chi connectivity index (χ4n) is 3.14. The highest BCUT2D eigenvalue weighted by Crippen LogP contribution is 2.35. The number of carbonyl (C=O) groups excluding carboxylic acids is 1. The fraction of sp³-hybridized carbons (Fsp3) is 0.130. The Kier molecular flexibility index (Phi) is 5.16. The van der Waals surface area contributed by atoms with E-state index < -0.39 is 0 Å². The van der Waals surface area contributed by atoms with Crippen molar-refractivity contribution in [1.82, 2.24) is 4.98 Å². The minimum Gasteiger partial charge on any atom is -0.279 e. The number of hydrogen-bond donors (Lipinski definition) is 0. The molecule has 0 bridgehead atoms. The molecule has 0 N–H and O–H groups in total. The number of thiazole rings is 1. The number of anilines is 1. The third-order valence-corrected chi connectivity index (χ3v) is 6.24. The maximum atomic E-state index is 13.4. The first-order valence-corrected chi connectivity index (χ1v) is 10.2. The number of aromatic nitrogens is 1. The summed E-state index contributed by atoms with van der Waals surface area (Å²) in [6.45, 7) is 4.55. The Hall–Kier alpha value is -2.69. The van der Waals surface area contributed by atoms with Crippen molar-refractivity contribution in [3.8, 4) is 0 Å². The molecule has 0 unspecified atom stereocenters. The second-order valence-corrected chi connectivity index (χ2v) is 8.11. The second-order valence-electron chi connectivity index (χ2n) is 6.73. The average Bonchev–Trinajstić information content (AvgIpc) is 3.16. The van der Waals surface area contributed by atoms with Gasteiger partial charge in [-0.1, -0.05) is 77.5 Å². The van der Waals surface area contributed by atoms with Gasteiger partial charge in [-0.2, -0.15) is 0 Å². The minimum absolute atomic E-state index is 0.149. The van der Waals surface area contributed by atoms with Gasteiger partial charge in [0.25, 0.3) is 5.91 Å². The summed E-state index contributed by atoms with van der Waals surface area (Å²) >= 11 is 7.86. The van der Waals surface area contributed by atoms with Gasteiger partial charge in [0.2, 0.25) is 0 Å². The summed E-state index contributed by atoms with van der Waals surface area (Å²) in [7, 11) is 0. The fourth-order valence-corrected chi connectivity index (χ4v) is 4.46. The summed E-state index contributed by atoms with van der Waals surface area (Å²) in [4.78, 5) is 20.0. The van der Waals surface area contributed by atoms with Crippen LogP contribution in [0.4, 0.5) is 5.13 Å². The predicted molar refractivity (Wildman–Crippen MR) is 118 cm³/mol. The van der Waals surface area contributed by atoms with Gasteiger partial charge in [-0.3, -0.25) is 9.69 Å². The molecule has 3 nitrogen and oxygen atoms in total. The van der Waals surface area contributed by atoms with Gasteiger partial charge in [0.15, 0.2) is 5.13 Å². The molecule has 0 aliphatic rings. The largest absolute Gasteiger partial charge is 0.279 e. The molecule has 0 saturated carbocycles. The molecular formula is C23H19ClN2OS. The highest BCUT2D eigenvalue weighted by Gasteiger charge is 2.24. The summed E-state index contributed by atoms with van der Waals surface area (Å²) in [6, 6.07) is 21.2. The Morgan fingerprint density at radius 3 is 2.36 bits per heavy atom. The number of benzene rings is 3. The quantitative estimate of drug-likeness (QED) is 0.392. The van der Waals surface area contributed by atoms with Crippen molar-refractivity contribution < 1.29 is 4.79 Å². The Labute approximate surface area is 173 Å². The summed E-state index contributed by atoms with van der Waals surface area (Å²) in [5, 5.41) is 1.13. The molecule has 4 rings (SSSR count). The zero-order valence-electron chi connectivity index (χ0n) is 15.6. The lowest BCUT2D eigenvalue weighted by Crippen LogP contribution is -2.30. The van der Waals surface area contributed by atoms with Crippen LogP contribution in [0.1, 0.15) is 27.0 Å². The van der Waals surface area contributed by atoms with Crippen molar-refractivity contribution in [2.45, 2.75) is 20.4 Å². The van der Waals surface area contributed by atoms with Crippen LogP contribution in [0.5, 0.6) is 0 Å². The van der Waals surface area contributed by atoms with Crippen molar-refractivity contribution in [3.05, 3.63) is 94.0 Å². The molecule has 0 atom stereocenters. The molecule has 0 aliphatic heterocycles. The molecule has 4 aromatic rings. The van der Waals surface area contributed by atoms with Crippen LogP contribution in [-0.2, 0) is 6.54 Å². The van der Waals surface area contributed by atoms with Crippen LogP contribution >= 0.6 is 22.9 Å². The third-order valence-electron chi connectivity index (χ3n) is 4.69. The van der Waals surface area contributed by atoms with E-state index in [1.807, 2.05) is 49.4 Å². The maximum Gasteiger partial charge on any atom is 0.261 e. The van der Waals surface area contributed by atoms with Crippen LogP contribution < -0.4 is 4.90 Å². The molecule has 28 heavy (non-hydrogen) atoms. The predicted octanol–water partition coefficient (Wildman–Crippen LogP) is 6.41. The molecule has 1 heterocycles. The molecular weight excluding hydrogens is 388 g/mol. The lowest BCUT2D eigenvalue weighted by Gasteiger charge is -2.20. The van der Waals surface area contributed by atoms with Crippen LogP contribution in [0, 0.1) is 13.8 Å². The van der Waals surface area contributed by atoms with E-state index in [1.165, 1.54) is 0 Å². The van der Waals surface area contributed by atoms with Gasteiger partial charge in [-0.25, -0.2) is 4.98 Å². The monoisotopic (exact) mass is 406 g/mol. The molecule has 0 aliphatic carbocycles. The molecule has 0 spiro atoms. The average molecular weight is 407 g/mol. The summed E-state index contributed by atoms with van der Waals surface area (Å²) in [5.41, 5.74) is 4.73. The van der Waals surface area contributed by atoms with Crippen molar-refractivity contribution in [2.75, 3.05) is 4.90 Å². The topological polar surface area (TPSA) is 33.2 Å². The van der Waals surface area contributed by atoms with E-state index in [-0.39, 0.29) is 5.91 Å². The molecule has 0 fully saturated rings. The van der Waals surface area contributed by atoms with Gasteiger partial charge in [0.05, 0.1) is 27.3 Å². The van der Waals surface area contributed by atoms with Crippen molar-refractivity contribution in [1.29, 1.82) is 0 Å². The summed E-state index contributed by atoms with van der Waals surface area (Å²) < 4.78 is 1.11. The first-order valence-electron chi connectivity index (χ1n) is 9.01. The molecule has 140 valence electrons. The van der Waals surface area contributed by atoms with Crippen molar-refractivity contribution >= 4 is 44.2 Å². The molecule has 0 radical (unpaired) electrons. The Morgan fingerprint density at radius 1 is 0.964 bits per heavy atom. The molecule has 5 heteroatoms. The Bertz CT molecular complexity index is 1110. The smallest absolute Gasteiger partial charge is 0.261 e. The van der Waals surface area contributed by atoms with Crippen LogP contribution in [0.25, 0.3) is 10.2 Å². The van der Waals surface area contributed by atoms with Gasteiger partial charge in [0.1, 0.15) is 0 Å².